The van der Waals surface area contributed by atoms with Crippen LogP contribution in [0.1, 0.15) is 18.9 Å². The first kappa shape index (κ1) is 15.9. The minimum absolute atomic E-state index is 0.0244. The predicted octanol–water partition coefficient (Wildman–Crippen LogP) is 1.61. The van der Waals surface area contributed by atoms with Gasteiger partial charge in [0.1, 0.15) is 0 Å². The Bertz CT molecular complexity index is 737. The van der Waals surface area contributed by atoms with Gasteiger partial charge in [0, 0.05) is 30.0 Å². The van der Waals surface area contributed by atoms with E-state index in [1.807, 2.05) is 12.1 Å². The second-order valence-electron chi connectivity index (χ2n) is 4.87. The summed E-state index contributed by atoms with van der Waals surface area (Å²) < 4.78 is 10.5. The van der Waals surface area contributed by atoms with E-state index in [0.29, 0.717) is 42.0 Å². The van der Waals surface area contributed by atoms with Gasteiger partial charge >= 0.3 is 0 Å². The molecule has 6 heteroatoms. The average molecular weight is 304 g/mol. The number of hydrogen-bond donors (Lipinski definition) is 2. The Morgan fingerprint density at radius 1 is 1.18 bits per heavy atom. The number of hydrogen-bond acceptors (Lipinski definition) is 4. The Hall–Kier alpha value is -2.50. The summed E-state index contributed by atoms with van der Waals surface area (Å²) in [6.45, 7) is 2.23. The summed E-state index contributed by atoms with van der Waals surface area (Å²) in [5, 5.41) is 3.62. The fraction of sp³-hybridized carbons (Fsp3) is 0.375. The van der Waals surface area contributed by atoms with Crippen LogP contribution in [0.25, 0.3) is 10.9 Å². The van der Waals surface area contributed by atoms with Crippen LogP contribution in [-0.4, -0.2) is 31.7 Å². The zero-order chi connectivity index (χ0) is 16.1. The number of aromatic amines is 1. The van der Waals surface area contributed by atoms with E-state index in [0.717, 1.165) is 5.39 Å². The van der Waals surface area contributed by atoms with Crippen molar-refractivity contribution < 1.29 is 14.3 Å². The molecule has 0 saturated carbocycles. The Balaban J connectivity index is 2.31. The molecule has 1 heterocycles. The third-order valence-corrected chi connectivity index (χ3v) is 3.46. The largest absolute Gasteiger partial charge is 0.493 e. The highest BCUT2D eigenvalue weighted by atomic mass is 16.5. The maximum atomic E-state index is 12.1. The van der Waals surface area contributed by atoms with Gasteiger partial charge in [0.2, 0.25) is 5.91 Å². The normalized spacial score (nSPS) is 10.5. The van der Waals surface area contributed by atoms with E-state index in [1.54, 1.807) is 27.2 Å². The predicted molar refractivity (Wildman–Crippen MR) is 84.7 cm³/mol. The topological polar surface area (TPSA) is 80.4 Å². The van der Waals surface area contributed by atoms with Crippen LogP contribution >= 0.6 is 0 Å². The summed E-state index contributed by atoms with van der Waals surface area (Å²) in [7, 11) is 3.11. The van der Waals surface area contributed by atoms with Gasteiger partial charge in [-0.15, -0.1) is 0 Å². The fourth-order valence-electron chi connectivity index (χ4n) is 2.23. The van der Waals surface area contributed by atoms with Crippen LogP contribution in [-0.2, 0) is 11.2 Å². The minimum atomic E-state index is -0.162. The third kappa shape index (κ3) is 3.39. The van der Waals surface area contributed by atoms with Gasteiger partial charge in [-0.2, -0.15) is 0 Å². The van der Waals surface area contributed by atoms with Gasteiger partial charge in [0.15, 0.2) is 11.5 Å². The molecule has 1 aromatic carbocycles. The van der Waals surface area contributed by atoms with Crippen molar-refractivity contribution >= 4 is 16.8 Å². The lowest BCUT2D eigenvalue weighted by atomic mass is 10.1. The Labute approximate surface area is 128 Å². The van der Waals surface area contributed by atoms with Gasteiger partial charge < -0.3 is 19.8 Å². The fourth-order valence-corrected chi connectivity index (χ4v) is 2.23. The molecule has 0 radical (unpaired) electrons. The highest BCUT2D eigenvalue weighted by molar-refractivity contribution is 5.83. The summed E-state index contributed by atoms with van der Waals surface area (Å²) in [5.41, 5.74) is 1.14. The van der Waals surface area contributed by atoms with E-state index < -0.39 is 0 Å². The molecule has 1 amide bonds. The van der Waals surface area contributed by atoms with Crippen molar-refractivity contribution in [2.75, 3.05) is 20.8 Å². The molecule has 2 aromatic rings. The van der Waals surface area contributed by atoms with Crippen molar-refractivity contribution in [3.63, 3.8) is 0 Å². The van der Waals surface area contributed by atoms with Crippen LogP contribution in [0, 0.1) is 0 Å². The van der Waals surface area contributed by atoms with Gasteiger partial charge in [-0.25, -0.2) is 0 Å². The Morgan fingerprint density at radius 2 is 1.86 bits per heavy atom. The molecule has 0 unspecified atom stereocenters. The number of benzene rings is 1. The van der Waals surface area contributed by atoms with Crippen molar-refractivity contribution in [2.45, 2.75) is 19.8 Å². The molecule has 2 N–H and O–H groups in total. The van der Waals surface area contributed by atoms with Crippen LogP contribution in [0.15, 0.2) is 23.0 Å². The average Bonchev–Trinajstić information content (AvgIpc) is 2.53. The summed E-state index contributed by atoms with van der Waals surface area (Å²) in [6.07, 6.45) is 0.913. The number of H-pyrrole nitrogens is 1. The van der Waals surface area contributed by atoms with Gasteiger partial charge in [-0.05, 0) is 18.6 Å². The SMILES string of the molecule is CCC(=O)NCCc1cc2cc(OC)c(OC)cc2[nH]c1=O. The number of rotatable bonds is 6. The first-order chi connectivity index (χ1) is 10.6. The maximum Gasteiger partial charge on any atom is 0.251 e. The van der Waals surface area contributed by atoms with Crippen molar-refractivity contribution in [2.24, 2.45) is 0 Å². The number of ether oxygens (including phenoxy) is 2. The second-order valence-corrected chi connectivity index (χ2v) is 4.87. The van der Waals surface area contributed by atoms with Gasteiger partial charge in [-0.1, -0.05) is 6.92 Å². The molecule has 0 saturated heterocycles. The number of nitrogens with one attached hydrogen (secondary N) is 2. The van der Waals surface area contributed by atoms with E-state index >= 15 is 0 Å². The maximum absolute atomic E-state index is 12.1. The molecule has 0 bridgehead atoms. The van der Waals surface area contributed by atoms with Crippen LogP contribution < -0.4 is 20.3 Å². The lowest BCUT2D eigenvalue weighted by molar-refractivity contribution is -0.120. The minimum Gasteiger partial charge on any atom is -0.493 e. The van der Waals surface area contributed by atoms with Gasteiger partial charge in [-0.3, -0.25) is 9.59 Å². The smallest absolute Gasteiger partial charge is 0.251 e. The molecule has 0 aliphatic heterocycles. The van der Waals surface area contributed by atoms with Crippen LogP contribution in [0.4, 0.5) is 0 Å². The van der Waals surface area contributed by atoms with E-state index in [-0.39, 0.29) is 11.5 Å². The zero-order valence-electron chi connectivity index (χ0n) is 13.0. The number of amides is 1. The summed E-state index contributed by atoms with van der Waals surface area (Å²) in [6, 6.07) is 5.37. The van der Waals surface area contributed by atoms with E-state index in [1.165, 1.54) is 0 Å². The quantitative estimate of drug-likeness (QED) is 0.849. The van der Waals surface area contributed by atoms with E-state index in [9.17, 15) is 9.59 Å². The van der Waals surface area contributed by atoms with Crippen molar-refractivity contribution in [3.8, 4) is 11.5 Å². The van der Waals surface area contributed by atoms with Gasteiger partial charge in [0.25, 0.3) is 5.56 Å². The van der Waals surface area contributed by atoms with Crippen LogP contribution in [0.3, 0.4) is 0 Å². The number of aromatic nitrogens is 1. The lowest BCUT2D eigenvalue weighted by Crippen LogP contribution is -2.26. The van der Waals surface area contributed by atoms with E-state index in [2.05, 4.69) is 10.3 Å². The van der Waals surface area contributed by atoms with E-state index in [4.69, 9.17) is 9.47 Å². The molecule has 118 valence electrons. The molecule has 22 heavy (non-hydrogen) atoms. The third-order valence-electron chi connectivity index (χ3n) is 3.46. The second kappa shape index (κ2) is 6.98. The first-order valence-corrected chi connectivity index (χ1v) is 7.13. The standard InChI is InChI=1S/C16H20N2O4/c1-4-15(19)17-6-5-10-7-11-8-13(21-2)14(22-3)9-12(11)18-16(10)20/h7-9H,4-6H2,1-3H3,(H,17,19)(H,18,20). The highest BCUT2D eigenvalue weighted by Gasteiger charge is 2.09. The highest BCUT2D eigenvalue weighted by Crippen LogP contribution is 2.30. The van der Waals surface area contributed by atoms with Crippen LogP contribution in [0.5, 0.6) is 11.5 Å². The summed E-state index contributed by atoms with van der Waals surface area (Å²) in [5.74, 6) is 1.14. The van der Waals surface area contributed by atoms with Crippen LogP contribution in [0.2, 0.25) is 0 Å². The monoisotopic (exact) mass is 304 g/mol. The van der Waals surface area contributed by atoms with Crippen molar-refractivity contribution in [1.82, 2.24) is 10.3 Å². The molecule has 0 spiro atoms. The zero-order valence-corrected chi connectivity index (χ0v) is 13.0. The number of methoxy groups -OCH3 is 2. The molecular weight excluding hydrogens is 284 g/mol. The number of carbonyl (C=O) groups is 1. The lowest BCUT2D eigenvalue weighted by Gasteiger charge is -2.10. The Kier molecular flexibility index (Phi) is 5.04. The first-order valence-electron chi connectivity index (χ1n) is 7.13. The molecule has 1 aromatic heterocycles. The summed E-state index contributed by atoms with van der Waals surface area (Å²) in [4.78, 5) is 26.2. The number of pyridine rings is 1. The molecular formula is C16H20N2O4. The van der Waals surface area contributed by atoms with Crippen molar-refractivity contribution in [1.29, 1.82) is 0 Å². The number of carbonyl (C=O) groups excluding carboxylic acids is 1. The number of fused-ring (bicyclic) bond motifs is 1. The summed E-state index contributed by atoms with van der Waals surface area (Å²) >= 11 is 0. The molecule has 0 fully saturated rings. The molecule has 2 rings (SSSR count). The van der Waals surface area contributed by atoms with Gasteiger partial charge in [0.05, 0.1) is 19.7 Å². The van der Waals surface area contributed by atoms with Crippen molar-refractivity contribution in [3.05, 3.63) is 34.1 Å². The molecule has 0 aliphatic carbocycles. The Morgan fingerprint density at radius 3 is 2.50 bits per heavy atom. The molecule has 6 nitrogen and oxygen atoms in total. The molecule has 0 aliphatic rings. The molecule has 0 atom stereocenters.